The first-order valence-electron chi connectivity index (χ1n) is 9.58. The Kier molecular flexibility index (Phi) is 5.82. The number of ether oxygens (including phenoxy) is 1. The number of piperidine rings is 1. The van der Waals surface area contributed by atoms with Gasteiger partial charge in [-0.3, -0.25) is 4.90 Å². The van der Waals surface area contributed by atoms with E-state index in [4.69, 9.17) is 10.5 Å². The number of phenols is 1. The molecule has 0 saturated carbocycles. The van der Waals surface area contributed by atoms with Crippen LogP contribution in [0.3, 0.4) is 0 Å². The van der Waals surface area contributed by atoms with Gasteiger partial charge in [0.2, 0.25) is 0 Å². The van der Waals surface area contributed by atoms with Crippen LogP contribution in [-0.2, 0) is 11.2 Å². The molecule has 3 N–H and O–H groups in total. The second-order valence-electron chi connectivity index (χ2n) is 7.54. The van der Waals surface area contributed by atoms with Gasteiger partial charge in [-0.1, -0.05) is 24.3 Å². The first-order valence-corrected chi connectivity index (χ1v) is 9.58. The predicted octanol–water partition coefficient (Wildman–Crippen LogP) is 3.32. The van der Waals surface area contributed by atoms with E-state index in [9.17, 15) is 5.11 Å². The molecule has 0 bridgehead atoms. The third kappa shape index (κ3) is 3.76. The summed E-state index contributed by atoms with van der Waals surface area (Å²) >= 11 is 0. The number of nitrogens with zero attached hydrogens (tertiary/aromatic N) is 1. The molecule has 1 saturated heterocycles. The summed E-state index contributed by atoms with van der Waals surface area (Å²) in [5.41, 5.74) is 9.03. The number of phenolic OH excluding ortho intramolecular Hbond substituents is 1. The van der Waals surface area contributed by atoms with Gasteiger partial charge in [0.15, 0.2) is 0 Å². The van der Waals surface area contributed by atoms with E-state index < -0.39 is 0 Å². The van der Waals surface area contributed by atoms with Crippen molar-refractivity contribution in [1.82, 2.24) is 4.90 Å². The molecule has 1 aromatic carbocycles. The number of hydrogen-bond donors (Lipinski definition) is 2. The van der Waals surface area contributed by atoms with Crippen LogP contribution in [0.15, 0.2) is 24.3 Å². The van der Waals surface area contributed by atoms with E-state index in [1.165, 1.54) is 0 Å². The van der Waals surface area contributed by atoms with E-state index in [0.29, 0.717) is 24.3 Å². The van der Waals surface area contributed by atoms with Crippen molar-refractivity contribution in [3.05, 3.63) is 41.0 Å². The highest BCUT2D eigenvalue weighted by atomic mass is 16.5. The second kappa shape index (κ2) is 7.90. The average molecular weight is 344 g/mol. The number of allylic oxidation sites excluding steroid dienone is 1. The predicted molar refractivity (Wildman–Crippen MR) is 102 cm³/mol. The molecule has 4 nitrogen and oxygen atoms in total. The molecular formula is C21H32N2O2. The smallest absolute Gasteiger partial charge is 0.122 e. The zero-order valence-electron chi connectivity index (χ0n) is 15.7. The van der Waals surface area contributed by atoms with Gasteiger partial charge in [-0.25, -0.2) is 0 Å². The lowest BCUT2D eigenvalue weighted by Crippen LogP contribution is -2.44. The zero-order valence-corrected chi connectivity index (χ0v) is 15.7. The number of likely N-dealkylation sites (tertiary alicyclic amines) is 1. The van der Waals surface area contributed by atoms with Crippen molar-refractivity contribution in [2.24, 2.45) is 11.7 Å². The Labute approximate surface area is 151 Å². The summed E-state index contributed by atoms with van der Waals surface area (Å²) in [7, 11) is 0. The molecule has 3 rings (SSSR count). The Morgan fingerprint density at radius 1 is 1.36 bits per heavy atom. The Morgan fingerprint density at radius 3 is 2.72 bits per heavy atom. The Hall–Kier alpha value is -1.36. The molecule has 1 fully saturated rings. The fraction of sp³-hybridized carbons (Fsp3) is 0.619. The second-order valence-corrected chi connectivity index (χ2v) is 7.54. The number of hydrogen-bond acceptors (Lipinski definition) is 4. The Balaban J connectivity index is 1.71. The fourth-order valence-corrected chi connectivity index (χ4v) is 4.38. The third-order valence-electron chi connectivity index (χ3n) is 5.97. The molecule has 2 aliphatic rings. The highest BCUT2D eigenvalue weighted by Gasteiger charge is 2.35. The molecule has 0 radical (unpaired) electrons. The van der Waals surface area contributed by atoms with Crippen molar-refractivity contribution < 1.29 is 9.84 Å². The molecule has 3 atom stereocenters. The van der Waals surface area contributed by atoms with Crippen LogP contribution < -0.4 is 5.73 Å². The van der Waals surface area contributed by atoms with Gasteiger partial charge in [0, 0.05) is 24.6 Å². The summed E-state index contributed by atoms with van der Waals surface area (Å²) in [5.74, 6) is 0.972. The monoisotopic (exact) mass is 344 g/mol. The van der Waals surface area contributed by atoms with Crippen LogP contribution in [0.4, 0.5) is 0 Å². The van der Waals surface area contributed by atoms with Gasteiger partial charge in [-0.05, 0) is 63.7 Å². The molecule has 138 valence electrons. The maximum absolute atomic E-state index is 10.5. The SMILES string of the molecule is C/C=C/C(C)N1CCC(C2Cc3c(ccc(C)c3O)C(CN)O2)CC1. The molecule has 2 heterocycles. The van der Waals surface area contributed by atoms with E-state index in [0.717, 1.165) is 49.0 Å². The van der Waals surface area contributed by atoms with Crippen LogP contribution >= 0.6 is 0 Å². The minimum Gasteiger partial charge on any atom is -0.507 e. The molecule has 4 heteroatoms. The lowest BCUT2D eigenvalue weighted by molar-refractivity contribution is -0.0656. The van der Waals surface area contributed by atoms with Crippen LogP contribution in [0, 0.1) is 12.8 Å². The first-order chi connectivity index (χ1) is 12.0. The molecule has 1 aromatic rings. The lowest BCUT2D eigenvalue weighted by atomic mass is 9.82. The van der Waals surface area contributed by atoms with Crippen molar-refractivity contribution in [3.63, 3.8) is 0 Å². The van der Waals surface area contributed by atoms with Gasteiger partial charge in [0.25, 0.3) is 0 Å². The van der Waals surface area contributed by atoms with Crippen molar-refractivity contribution in [3.8, 4) is 5.75 Å². The highest BCUT2D eigenvalue weighted by Crippen LogP contribution is 2.40. The number of fused-ring (bicyclic) bond motifs is 1. The molecular weight excluding hydrogens is 312 g/mol. The quantitative estimate of drug-likeness (QED) is 0.823. The third-order valence-corrected chi connectivity index (χ3v) is 5.97. The van der Waals surface area contributed by atoms with Gasteiger partial charge in [-0.2, -0.15) is 0 Å². The number of benzene rings is 1. The van der Waals surface area contributed by atoms with E-state index in [2.05, 4.69) is 37.0 Å². The van der Waals surface area contributed by atoms with Gasteiger partial charge < -0.3 is 15.6 Å². The van der Waals surface area contributed by atoms with Crippen molar-refractivity contribution in [2.45, 2.75) is 58.3 Å². The van der Waals surface area contributed by atoms with Crippen molar-refractivity contribution in [2.75, 3.05) is 19.6 Å². The van der Waals surface area contributed by atoms with E-state index in [-0.39, 0.29) is 12.2 Å². The summed E-state index contributed by atoms with van der Waals surface area (Å²) in [6.45, 7) is 8.98. The van der Waals surface area contributed by atoms with E-state index in [1.54, 1.807) is 0 Å². The number of aromatic hydroxyl groups is 1. The molecule has 0 amide bonds. The summed E-state index contributed by atoms with van der Waals surface area (Å²) < 4.78 is 6.37. The normalized spacial score (nSPS) is 26.7. The Bertz CT molecular complexity index is 621. The molecule has 0 aromatic heterocycles. The lowest BCUT2D eigenvalue weighted by Gasteiger charge is -2.41. The van der Waals surface area contributed by atoms with E-state index in [1.807, 2.05) is 13.0 Å². The van der Waals surface area contributed by atoms with Crippen LogP contribution in [-0.4, -0.2) is 41.8 Å². The Morgan fingerprint density at radius 2 is 2.08 bits per heavy atom. The number of rotatable bonds is 4. The number of aryl methyl sites for hydroxylation is 1. The summed E-state index contributed by atoms with van der Waals surface area (Å²) in [4.78, 5) is 2.54. The maximum Gasteiger partial charge on any atom is 0.122 e. The summed E-state index contributed by atoms with van der Waals surface area (Å²) in [5, 5.41) is 10.5. The molecule has 25 heavy (non-hydrogen) atoms. The van der Waals surface area contributed by atoms with E-state index >= 15 is 0 Å². The van der Waals surface area contributed by atoms with Crippen LogP contribution in [0.5, 0.6) is 5.75 Å². The standard InChI is InChI=1S/C21H32N2O2/c1-4-5-15(3)23-10-8-16(9-11-23)19-12-18-17(20(13-22)25-19)7-6-14(2)21(18)24/h4-7,15-16,19-20,24H,8-13,22H2,1-3H3/b5-4+. The minimum absolute atomic E-state index is 0.0970. The topological polar surface area (TPSA) is 58.7 Å². The van der Waals surface area contributed by atoms with Gasteiger partial charge >= 0.3 is 0 Å². The van der Waals surface area contributed by atoms with Crippen LogP contribution in [0.25, 0.3) is 0 Å². The fourth-order valence-electron chi connectivity index (χ4n) is 4.38. The largest absolute Gasteiger partial charge is 0.507 e. The molecule has 0 aliphatic carbocycles. The minimum atomic E-state index is -0.0970. The van der Waals surface area contributed by atoms with Crippen molar-refractivity contribution in [1.29, 1.82) is 0 Å². The summed E-state index contributed by atoms with van der Waals surface area (Å²) in [6.07, 6.45) is 7.55. The zero-order chi connectivity index (χ0) is 18.0. The molecule has 0 spiro atoms. The summed E-state index contributed by atoms with van der Waals surface area (Å²) in [6, 6.07) is 4.53. The van der Waals surface area contributed by atoms with Gasteiger partial charge in [0.1, 0.15) is 5.75 Å². The van der Waals surface area contributed by atoms with Crippen LogP contribution in [0.1, 0.15) is 49.5 Å². The molecule has 2 aliphatic heterocycles. The van der Waals surface area contributed by atoms with Gasteiger partial charge in [-0.15, -0.1) is 0 Å². The van der Waals surface area contributed by atoms with Crippen molar-refractivity contribution >= 4 is 0 Å². The highest BCUT2D eigenvalue weighted by molar-refractivity contribution is 5.47. The van der Waals surface area contributed by atoms with Gasteiger partial charge in [0.05, 0.1) is 12.2 Å². The maximum atomic E-state index is 10.5. The molecule has 3 unspecified atom stereocenters. The average Bonchev–Trinajstić information content (AvgIpc) is 2.64. The van der Waals surface area contributed by atoms with Crippen LogP contribution in [0.2, 0.25) is 0 Å². The number of nitrogens with two attached hydrogens (primary N) is 1. The first kappa shape index (κ1) is 18.4.